The highest BCUT2D eigenvalue weighted by atomic mass is 35.5. The molecule has 0 aliphatic carbocycles. The number of carbonyl (C=O) groups is 2. The minimum Gasteiger partial charge on any atom is -0.372 e. The van der Waals surface area contributed by atoms with Crippen LogP contribution in [0, 0.1) is 0 Å². The van der Waals surface area contributed by atoms with Gasteiger partial charge in [-0.15, -0.1) is 0 Å². The predicted octanol–water partition coefficient (Wildman–Crippen LogP) is 4.81. The zero-order chi connectivity index (χ0) is 19.0. The van der Waals surface area contributed by atoms with Gasteiger partial charge in [-0.3, -0.25) is 14.2 Å². The van der Waals surface area contributed by atoms with Gasteiger partial charge in [-0.25, -0.2) is 0 Å². The van der Waals surface area contributed by atoms with Crippen molar-refractivity contribution in [2.24, 2.45) is 0 Å². The first-order chi connectivity index (χ1) is 13.0. The third-order valence-corrected chi connectivity index (χ3v) is 5.18. The van der Waals surface area contributed by atoms with E-state index in [1.54, 1.807) is 24.4 Å². The van der Waals surface area contributed by atoms with E-state index in [2.05, 4.69) is 10.2 Å². The van der Waals surface area contributed by atoms with Gasteiger partial charge < -0.3 is 10.2 Å². The van der Waals surface area contributed by atoms with Gasteiger partial charge in [0.1, 0.15) is 0 Å². The smallest absolute Gasteiger partial charge is 0.257 e. The van der Waals surface area contributed by atoms with Crippen molar-refractivity contribution in [1.29, 1.82) is 0 Å². The van der Waals surface area contributed by atoms with E-state index in [1.165, 1.54) is 30.0 Å². The van der Waals surface area contributed by atoms with E-state index in [9.17, 15) is 9.59 Å². The molecule has 3 aromatic rings. The van der Waals surface area contributed by atoms with Gasteiger partial charge in [0.25, 0.3) is 5.91 Å². The van der Waals surface area contributed by atoms with E-state index >= 15 is 0 Å². The summed E-state index contributed by atoms with van der Waals surface area (Å²) in [5.74, 6) is -0.424. The molecular weight excluding hydrogens is 362 g/mol. The molecule has 5 nitrogen and oxygen atoms in total. The van der Waals surface area contributed by atoms with Crippen molar-refractivity contribution in [3.8, 4) is 0 Å². The molecule has 1 aliphatic heterocycles. The summed E-state index contributed by atoms with van der Waals surface area (Å²) >= 11 is 6.05. The minimum absolute atomic E-state index is 0.170. The Bertz CT molecular complexity index is 1020. The second-order valence-electron chi connectivity index (χ2n) is 6.79. The average Bonchev–Trinajstić information content (AvgIpc) is 3.30. The second-order valence-corrected chi connectivity index (χ2v) is 7.22. The Morgan fingerprint density at radius 3 is 2.41 bits per heavy atom. The monoisotopic (exact) mass is 381 g/mol. The largest absolute Gasteiger partial charge is 0.372 e. The number of halogens is 1. The maximum Gasteiger partial charge on any atom is 0.257 e. The molecule has 1 N–H and O–H groups in total. The summed E-state index contributed by atoms with van der Waals surface area (Å²) in [6, 6.07) is 13.1. The number of aromatic nitrogens is 1. The van der Waals surface area contributed by atoms with E-state index in [0.29, 0.717) is 21.5 Å². The van der Waals surface area contributed by atoms with Gasteiger partial charge in [-0.1, -0.05) is 17.7 Å². The number of hydrogen-bond donors (Lipinski definition) is 1. The number of fused-ring (bicyclic) bond motifs is 1. The van der Waals surface area contributed by atoms with Crippen LogP contribution in [-0.2, 0) is 0 Å². The fourth-order valence-corrected chi connectivity index (χ4v) is 3.74. The van der Waals surface area contributed by atoms with Crippen molar-refractivity contribution < 1.29 is 9.59 Å². The van der Waals surface area contributed by atoms with Gasteiger partial charge in [0, 0.05) is 48.0 Å². The molecule has 1 fully saturated rings. The maximum absolute atomic E-state index is 12.8. The van der Waals surface area contributed by atoms with Crippen LogP contribution in [0.2, 0.25) is 5.02 Å². The van der Waals surface area contributed by atoms with Crippen LogP contribution in [0.25, 0.3) is 10.9 Å². The summed E-state index contributed by atoms with van der Waals surface area (Å²) in [5, 5.41) is 4.14. The van der Waals surface area contributed by atoms with Gasteiger partial charge in [0.05, 0.1) is 11.1 Å². The molecule has 2 aromatic carbocycles. The first-order valence-electron chi connectivity index (χ1n) is 9.01. The SMILES string of the molecule is CC(=O)n1cc(C(=O)Nc2ccc(N3CCCC3)cc2)c2ccc(Cl)cc21. The van der Waals surface area contributed by atoms with Crippen LogP contribution in [0.5, 0.6) is 0 Å². The van der Waals surface area contributed by atoms with E-state index in [-0.39, 0.29) is 11.8 Å². The number of amides is 1. The normalized spacial score (nSPS) is 13.9. The van der Waals surface area contributed by atoms with Crippen molar-refractivity contribution in [2.45, 2.75) is 19.8 Å². The highest BCUT2D eigenvalue weighted by Gasteiger charge is 2.18. The summed E-state index contributed by atoms with van der Waals surface area (Å²) in [5.41, 5.74) is 2.97. The molecule has 1 aliphatic rings. The summed E-state index contributed by atoms with van der Waals surface area (Å²) in [6.45, 7) is 3.62. The Balaban J connectivity index is 1.60. The van der Waals surface area contributed by atoms with Crippen molar-refractivity contribution in [2.75, 3.05) is 23.3 Å². The van der Waals surface area contributed by atoms with Crippen molar-refractivity contribution in [1.82, 2.24) is 4.57 Å². The minimum atomic E-state index is -0.253. The molecule has 4 rings (SSSR count). The number of benzene rings is 2. The highest BCUT2D eigenvalue weighted by molar-refractivity contribution is 6.31. The molecular formula is C21H20ClN3O2. The van der Waals surface area contributed by atoms with Gasteiger partial charge in [0.15, 0.2) is 0 Å². The average molecular weight is 382 g/mol. The summed E-state index contributed by atoms with van der Waals surface area (Å²) in [7, 11) is 0. The van der Waals surface area contributed by atoms with Crippen LogP contribution in [0.1, 0.15) is 34.9 Å². The van der Waals surface area contributed by atoms with Gasteiger partial charge in [-0.2, -0.15) is 0 Å². The Morgan fingerprint density at radius 1 is 1.04 bits per heavy atom. The third kappa shape index (κ3) is 3.43. The van der Waals surface area contributed by atoms with Crippen LogP contribution in [0.15, 0.2) is 48.7 Å². The number of anilines is 2. The molecule has 0 saturated carbocycles. The molecule has 138 valence electrons. The summed E-state index contributed by atoms with van der Waals surface area (Å²) in [6.07, 6.45) is 4.02. The molecule has 0 unspecified atom stereocenters. The van der Waals surface area contributed by atoms with E-state index < -0.39 is 0 Å². The lowest BCUT2D eigenvalue weighted by Crippen LogP contribution is -2.17. The quantitative estimate of drug-likeness (QED) is 0.708. The summed E-state index contributed by atoms with van der Waals surface area (Å²) in [4.78, 5) is 27.1. The Labute approximate surface area is 162 Å². The summed E-state index contributed by atoms with van der Waals surface area (Å²) < 4.78 is 1.45. The number of hydrogen-bond acceptors (Lipinski definition) is 3. The van der Waals surface area contributed by atoms with Crippen molar-refractivity contribution >= 4 is 45.7 Å². The van der Waals surface area contributed by atoms with Crippen molar-refractivity contribution in [3.05, 3.63) is 59.2 Å². The second kappa shape index (κ2) is 7.08. The lowest BCUT2D eigenvalue weighted by Gasteiger charge is -2.17. The van der Waals surface area contributed by atoms with E-state index in [1.807, 2.05) is 24.3 Å². The van der Waals surface area contributed by atoms with E-state index in [4.69, 9.17) is 11.6 Å². The molecule has 0 bridgehead atoms. The van der Waals surface area contributed by atoms with Crippen LogP contribution in [-0.4, -0.2) is 29.5 Å². The zero-order valence-corrected chi connectivity index (χ0v) is 15.8. The van der Waals surface area contributed by atoms with E-state index in [0.717, 1.165) is 18.8 Å². The van der Waals surface area contributed by atoms with Crippen LogP contribution in [0.3, 0.4) is 0 Å². The zero-order valence-electron chi connectivity index (χ0n) is 15.0. The Hall–Kier alpha value is -2.79. The standard InChI is InChI=1S/C21H20ClN3O2/c1-14(26)25-13-19(18-9-4-15(22)12-20(18)25)21(27)23-16-5-7-17(8-6-16)24-10-2-3-11-24/h4-9,12-13H,2-3,10-11H2,1H3,(H,23,27). The van der Waals surface area contributed by atoms with Crippen LogP contribution in [0.4, 0.5) is 11.4 Å². The fourth-order valence-electron chi connectivity index (χ4n) is 3.57. The first kappa shape index (κ1) is 17.6. The predicted molar refractivity (Wildman–Crippen MR) is 109 cm³/mol. The molecule has 0 spiro atoms. The number of nitrogens with zero attached hydrogens (tertiary/aromatic N) is 2. The molecule has 0 radical (unpaired) electrons. The molecule has 0 atom stereocenters. The Kier molecular flexibility index (Phi) is 4.62. The van der Waals surface area contributed by atoms with Crippen molar-refractivity contribution in [3.63, 3.8) is 0 Å². The molecule has 6 heteroatoms. The van der Waals surface area contributed by atoms with Gasteiger partial charge in [-0.05, 0) is 49.2 Å². The third-order valence-electron chi connectivity index (χ3n) is 4.95. The fraction of sp³-hybridized carbons (Fsp3) is 0.238. The van der Waals surface area contributed by atoms with Crippen LogP contribution < -0.4 is 10.2 Å². The molecule has 1 amide bonds. The Morgan fingerprint density at radius 2 is 1.74 bits per heavy atom. The lowest BCUT2D eigenvalue weighted by molar-refractivity contribution is 0.0941. The number of rotatable bonds is 3. The highest BCUT2D eigenvalue weighted by Crippen LogP contribution is 2.27. The topological polar surface area (TPSA) is 54.3 Å². The first-order valence-corrected chi connectivity index (χ1v) is 9.38. The lowest BCUT2D eigenvalue weighted by atomic mass is 10.1. The van der Waals surface area contributed by atoms with Gasteiger partial charge >= 0.3 is 0 Å². The van der Waals surface area contributed by atoms with Crippen LogP contribution >= 0.6 is 11.6 Å². The molecule has 1 saturated heterocycles. The number of nitrogens with one attached hydrogen (secondary N) is 1. The van der Waals surface area contributed by atoms with Gasteiger partial charge in [0.2, 0.25) is 5.91 Å². The molecule has 1 aromatic heterocycles. The number of carbonyl (C=O) groups excluding carboxylic acids is 2. The molecule has 27 heavy (non-hydrogen) atoms. The molecule has 2 heterocycles. The maximum atomic E-state index is 12.8.